The molecular formula is C28H12Br10Cl8F3Li5N2Zn5. The van der Waals surface area contributed by atoms with Crippen LogP contribution in [0.1, 0.15) is 0 Å². The predicted molar refractivity (Wildman–Crippen MR) is 220 cm³/mol. The van der Waals surface area contributed by atoms with Crippen molar-refractivity contribution in [1.82, 2.24) is 9.97 Å². The Morgan fingerprint density at radius 3 is 1.20 bits per heavy atom. The van der Waals surface area contributed by atoms with Crippen LogP contribution in [0.2, 0.25) is 15.1 Å². The van der Waals surface area contributed by atoms with Gasteiger partial charge in [-0.2, -0.15) is 39.7 Å². The first-order valence-corrected chi connectivity index (χ1v) is 39.1. The molecule has 0 unspecified atom stereocenters. The van der Waals surface area contributed by atoms with Crippen LogP contribution in [0.25, 0.3) is 0 Å². The zero-order chi connectivity index (χ0) is 38.5. The zero-order valence-electron chi connectivity index (χ0n) is 32.3. The molecule has 0 aliphatic heterocycles. The van der Waals surface area contributed by atoms with E-state index in [-0.39, 0.29) is 207 Å². The van der Waals surface area contributed by atoms with Gasteiger partial charge in [0, 0.05) is 81.4 Å². The summed E-state index contributed by atoms with van der Waals surface area (Å²) in [5.74, 6) is -1.20. The molecule has 0 aliphatic carbocycles. The van der Waals surface area contributed by atoms with Crippen LogP contribution in [0, 0.1) is 35.7 Å². The number of pyridine rings is 2. The van der Waals surface area contributed by atoms with E-state index < -0.39 is 5.82 Å². The molecule has 5 rings (SSSR count). The standard InChI is InChI=1S/C6H2Br2ClF.2C6H2BrClF.C5H3Br2N.C5H3BrN.3BrH.5ClH.5Li.5Zn/c7-4-1-3(9)2-5(10)6(4)8;7-4-1-5(8)3-6(9)2-4;7-5-2-1-4(8)3-6(5)9;6-4-1-5(7)3-8-2-4;6-5-2-1-3-7-4-5;;;;;;;;;;;;;;;;;;/h1-2H;2*1,3H;1-3H;2-4H;8*1H;;;;;;;;;;/q;2*-1;;-1;;;;;;;;;5*+1;;;3*+2/p-8. The summed E-state index contributed by atoms with van der Waals surface area (Å²) < 4.78 is 42.2. The number of benzene rings is 3. The van der Waals surface area contributed by atoms with Crippen molar-refractivity contribution >= 4 is 187 Å². The number of hydrogen-bond acceptors (Lipinski definition) is 2. The second kappa shape index (κ2) is 75.5. The molecule has 0 fully saturated rings. The van der Waals surface area contributed by atoms with Gasteiger partial charge in [0.2, 0.25) is 0 Å². The van der Waals surface area contributed by atoms with Crippen molar-refractivity contribution in [1.29, 1.82) is 0 Å². The monoisotopic (exact) mass is 1860 g/mol. The van der Waals surface area contributed by atoms with Gasteiger partial charge in [0.05, 0.1) is 4.47 Å². The Bertz CT molecular complexity index is 1570. The fourth-order valence-corrected chi connectivity index (χ4v) is 5.55. The summed E-state index contributed by atoms with van der Waals surface area (Å²) in [4.78, 5) is 7.67. The van der Waals surface area contributed by atoms with Gasteiger partial charge in [0.25, 0.3) is 0 Å². The second-order valence-electron chi connectivity index (χ2n) is 7.08. The van der Waals surface area contributed by atoms with Crippen molar-refractivity contribution in [3.63, 3.8) is 0 Å². The van der Waals surface area contributed by atoms with Crippen molar-refractivity contribution < 1.29 is 257 Å². The van der Waals surface area contributed by atoms with Crippen LogP contribution in [0.5, 0.6) is 0 Å². The van der Waals surface area contributed by atoms with E-state index in [2.05, 4.69) is 181 Å². The summed E-state index contributed by atoms with van der Waals surface area (Å²) in [6, 6.07) is 19.9. The fraction of sp³-hybridized carbons (Fsp3) is 0. The third kappa shape index (κ3) is 67.0. The smallest absolute Gasteiger partial charge is 0 e. The Morgan fingerprint density at radius 1 is 0.508 bits per heavy atom. The summed E-state index contributed by atoms with van der Waals surface area (Å²) in [6.45, 7) is 0. The molecule has 5 aromatic rings. The predicted octanol–water partition coefficient (Wildman–Crippen LogP) is -13.1. The van der Waals surface area contributed by atoms with Crippen molar-refractivity contribution in [2.75, 3.05) is 0 Å². The number of hydrogen-bond donors (Lipinski definition) is 0. The van der Waals surface area contributed by atoms with Gasteiger partial charge in [-0.25, -0.2) is 20.9 Å². The molecule has 0 amide bonds. The van der Waals surface area contributed by atoms with Crippen LogP contribution >= 0.6 is 187 Å². The van der Waals surface area contributed by atoms with Crippen LogP contribution in [0.4, 0.5) is 13.2 Å². The van der Waals surface area contributed by atoms with Crippen LogP contribution < -0.4 is 156 Å². The SMILES string of the molecule is Brc1c[c-]cnc1.Brc1cncc(Br)c1.Fc1[c-]c(Br)cc(Cl)c1.Fc1cc(Cl)c[c-]c1Br.Fc1cc(Cl)cc(Br)c1Br.[Cl-].[Cl-].[Cl-].[Cl-].[Cl-].[Li+].[Li+].[Li+].[Li+].[Li+].[Zn+][Br].[Zn+][Br].[Zn+][Br].[Zn].[Zn]. The number of rotatable bonds is 0. The molecule has 0 N–H and O–H groups in total. The number of nitrogens with zero attached hydrogens (tertiary/aromatic N) is 2. The van der Waals surface area contributed by atoms with Crippen molar-refractivity contribution in [3.05, 3.63) is 155 Å². The Morgan fingerprint density at radius 2 is 0.918 bits per heavy atom. The first-order chi connectivity index (χ1) is 23.2. The fourth-order valence-electron chi connectivity index (χ4n) is 2.11. The minimum atomic E-state index is -0.450. The van der Waals surface area contributed by atoms with Crippen LogP contribution in [0.15, 0.2) is 105 Å². The van der Waals surface area contributed by atoms with E-state index in [1.807, 2.05) is 12.1 Å². The molecule has 0 saturated carbocycles. The summed E-state index contributed by atoms with van der Waals surface area (Å²) in [5.41, 5.74) is 0. The largest absolute Gasteiger partial charge is 0 e. The molecule has 2 nitrogen and oxygen atoms in total. The normalized spacial score (nSPS) is 7.05. The molecular weight excluding hydrogens is 1870 g/mol. The summed E-state index contributed by atoms with van der Waals surface area (Å²) >= 11 is 51.1. The Balaban J connectivity index is -0.0000000309. The molecule has 33 heteroatoms. The molecule has 0 bridgehead atoms. The molecule has 3 aromatic carbocycles. The van der Waals surface area contributed by atoms with Gasteiger partial charge in [0.1, 0.15) is 5.82 Å². The maximum Gasteiger partial charge on any atom is 0 e. The van der Waals surface area contributed by atoms with E-state index in [0.717, 1.165) is 13.4 Å². The van der Waals surface area contributed by atoms with Crippen LogP contribution in [-0.2, 0) is 88.0 Å². The first-order valence-electron chi connectivity index (χ1n) is 11.6. The molecule has 0 spiro atoms. The molecule has 61 heavy (non-hydrogen) atoms. The topological polar surface area (TPSA) is 25.8 Å². The first kappa shape index (κ1) is 110. The van der Waals surface area contributed by atoms with E-state index in [1.54, 1.807) is 36.9 Å². The van der Waals surface area contributed by atoms with Gasteiger partial charge in [-0.1, -0.05) is 68.6 Å². The second-order valence-corrected chi connectivity index (χ2v) is 14.4. The molecule has 0 saturated heterocycles. The number of halogens is 21. The van der Waals surface area contributed by atoms with Gasteiger partial charge >= 0.3 is 184 Å². The molecule has 0 radical (unpaired) electrons. The van der Waals surface area contributed by atoms with Gasteiger partial charge < -0.3 is 67.0 Å². The van der Waals surface area contributed by atoms with Crippen LogP contribution in [0.3, 0.4) is 0 Å². The minimum Gasteiger partial charge on any atom is 0 e. The van der Waals surface area contributed by atoms with Gasteiger partial charge in [-0.3, -0.25) is 9.37 Å². The van der Waals surface area contributed by atoms with E-state index in [0.29, 0.717) is 33.0 Å². The number of aromatic nitrogens is 2. The van der Waals surface area contributed by atoms with Gasteiger partial charge in [-0.15, -0.1) is 40.3 Å². The Hall–Kier alpha value is 8.97. The van der Waals surface area contributed by atoms with Crippen molar-refractivity contribution in [2.45, 2.75) is 0 Å². The van der Waals surface area contributed by atoms with E-state index in [4.69, 9.17) is 34.8 Å². The average molecular weight is 1880 g/mol. The summed E-state index contributed by atoms with van der Waals surface area (Å²) in [6.07, 6.45) is 6.82. The molecule has 2 aromatic heterocycles. The van der Waals surface area contributed by atoms with Gasteiger partial charge in [-0.05, 0) is 88.1 Å². The van der Waals surface area contributed by atoms with Gasteiger partial charge in [0.15, 0.2) is 0 Å². The third-order valence-electron chi connectivity index (χ3n) is 3.77. The molecule has 0 aliphatic rings. The van der Waals surface area contributed by atoms with E-state index in [9.17, 15) is 13.2 Å². The Kier molecular flexibility index (Phi) is 136. The minimum absolute atomic E-state index is 0. The molecule has 0 atom stereocenters. The Labute approximate surface area is 597 Å². The quantitative estimate of drug-likeness (QED) is 0.0668. The zero-order valence-corrected chi connectivity index (χ0v) is 69.0. The molecule has 296 valence electrons. The molecule has 2 heterocycles. The maximum atomic E-state index is 12.7. The van der Waals surface area contributed by atoms with Crippen molar-refractivity contribution in [2.24, 2.45) is 0 Å². The average Bonchev–Trinajstić information content (AvgIpc) is 3.05. The summed E-state index contributed by atoms with van der Waals surface area (Å²) in [7, 11) is 0. The van der Waals surface area contributed by atoms with Crippen LogP contribution in [-0.4, -0.2) is 9.97 Å². The summed E-state index contributed by atoms with van der Waals surface area (Å²) in [5, 5.41) is 1.11. The van der Waals surface area contributed by atoms with Crippen molar-refractivity contribution in [3.8, 4) is 0 Å². The third-order valence-corrected chi connectivity index (χ3v) is 8.72. The van der Waals surface area contributed by atoms with E-state index in [1.165, 1.54) is 73.3 Å². The van der Waals surface area contributed by atoms with E-state index >= 15 is 0 Å². The maximum absolute atomic E-state index is 12.7.